The summed E-state index contributed by atoms with van der Waals surface area (Å²) in [6, 6.07) is 11.4. The summed E-state index contributed by atoms with van der Waals surface area (Å²) < 4.78 is 20.3. The summed E-state index contributed by atoms with van der Waals surface area (Å²) >= 11 is 0. The lowest BCUT2D eigenvalue weighted by molar-refractivity contribution is 0.0691. The largest absolute Gasteiger partial charge is 0.497 e. The van der Waals surface area contributed by atoms with E-state index in [-0.39, 0.29) is 11.4 Å². The second-order valence-electron chi connectivity index (χ2n) is 5.17. The molecule has 1 aromatic heterocycles. The second-order valence-corrected chi connectivity index (χ2v) is 5.17. The molecule has 0 aliphatic carbocycles. The number of nitrogens with zero attached hydrogens (tertiary/aromatic N) is 3. The highest BCUT2D eigenvalue weighted by molar-refractivity contribution is 5.93. The molecule has 7 heteroatoms. The zero-order chi connectivity index (χ0) is 17.3. The molecule has 3 aromatic rings. The maximum absolute atomic E-state index is 13.9. The van der Waals surface area contributed by atoms with Crippen molar-refractivity contribution in [2.24, 2.45) is 0 Å². The number of carbonyl (C=O) groups is 1. The van der Waals surface area contributed by atoms with E-state index in [1.807, 2.05) is 0 Å². The van der Waals surface area contributed by atoms with Gasteiger partial charge in [-0.25, -0.2) is 13.9 Å². The van der Waals surface area contributed by atoms with Gasteiger partial charge in [-0.15, -0.1) is 5.10 Å². The number of methoxy groups -OCH3 is 1. The predicted molar refractivity (Wildman–Crippen MR) is 85.0 cm³/mol. The van der Waals surface area contributed by atoms with Crippen molar-refractivity contribution in [1.82, 2.24) is 15.0 Å². The number of rotatable bonds is 4. The number of hydrogen-bond acceptors (Lipinski definition) is 4. The van der Waals surface area contributed by atoms with Crippen LogP contribution in [0, 0.1) is 12.7 Å². The van der Waals surface area contributed by atoms with Crippen LogP contribution >= 0.6 is 0 Å². The van der Waals surface area contributed by atoms with E-state index in [9.17, 15) is 14.3 Å². The fourth-order valence-electron chi connectivity index (χ4n) is 2.33. The molecular weight excluding hydrogens is 313 g/mol. The zero-order valence-corrected chi connectivity index (χ0v) is 13.0. The Hall–Kier alpha value is -3.22. The van der Waals surface area contributed by atoms with E-state index in [0.29, 0.717) is 22.6 Å². The Morgan fingerprint density at radius 3 is 2.50 bits per heavy atom. The highest BCUT2D eigenvalue weighted by Gasteiger charge is 2.22. The van der Waals surface area contributed by atoms with Crippen molar-refractivity contribution in [3.05, 3.63) is 59.5 Å². The minimum absolute atomic E-state index is 0.207. The molecule has 0 bridgehead atoms. The van der Waals surface area contributed by atoms with Crippen LogP contribution in [0.1, 0.15) is 16.1 Å². The van der Waals surface area contributed by atoms with E-state index in [1.54, 1.807) is 50.4 Å². The van der Waals surface area contributed by atoms with Crippen LogP contribution in [0.4, 0.5) is 4.39 Å². The Bertz CT molecular complexity index is 904. The molecule has 0 amide bonds. The van der Waals surface area contributed by atoms with Crippen molar-refractivity contribution in [2.75, 3.05) is 7.11 Å². The lowest BCUT2D eigenvalue weighted by atomic mass is 10.1. The molecule has 0 atom stereocenters. The molecule has 3 rings (SSSR count). The highest BCUT2D eigenvalue weighted by atomic mass is 19.1. The molecule has 0 spiro atoms. The van der Waals surface area contributed by atoms with Gasteiger partial charge in [-0.1, -0.05) is 11.3 Å². The number of ether oxygens (including phenoxy) is 1. The van der Waals surface area contributed by atoms with Gasteiger partial charge in [-0.3, -0.25) is 0 Å². The number of hydrogen-bond donors (Lipinski definition) is 1. The van der Waals surface area contributed by atoms with Gasteiger partial charge < -0.3 is 9.84 Å². The molecule has 0 unspecified atom stereocenters. The number of benzene rings is 2. The van der Waals surface area contributed by atoms with Crippen LogP contribution in [0.25, 0.3) is 16.9 Å². The average Bonchev–Trinajstić information content (AvgIpc) is 3.02. The molecule has 0 aliphatic rings. The number of aromatic carboxylic acids is 1. The van der Waals surface area contributed by atoms with E-state index in [1.165, 1.54) is 10.7 Å². The van der Waals surface area contributed by atoms with Crippen LogP contribution < -0.4 is 4.74 Å². The smallest absolute Gasteiger partial charge is 0.358 e. The Morgan fingerprint density at radius 1 is 1.21 bits per heavy atom. The summed E-state index contributed by atoms with van der Waals surface area (Å²) in [6.45, 7) is 1.65. The van der Waals surface area contributed by atoms with E-state index >= 15 is 0 Å². The molecule has 0 saturated heterocycles. The maximum Gasteiger partial charge on any atom is 0.358 e. The van der Waals surface area contributed by atoms with Gasteiger partial charge in [-0.2, -0.15) is 0 Å². The van der Waals surface area contributed by atoms with Gasteiger partial charge >= 0.3 is 5.97 Å². The second kappa shape index (κ2) is 6.11. The van der Waals surface area contributed by atoms with Crippen LogP contribution in [0.5, 0.6) is 5.75 Å². The van der Waals surface area contributed by atoms with Gasteiger partial charge in [0.2, 0.25) is 0 Å². The number of halogens is 1. The van der Waals surface area contributed by atoms with Crippen molar-refractivity contribution < 1.29 is 19.0 Å². The van der Waals surface area contributed by atoms with E-state index in [2.05, 4.69) is 10.3 Å². The lowest BCUT2D eigenvalue weighted by Crippen LogP contribution is -2.04. The van der Waals surface area contributed by atoms with Gasteiger partial charge in [0.15, 0.2) is 5.69 Å². The van der Waals surface area contributed by atoms with Gasteiger partial charge in [0.25, 0.3) is 0 Å². The van der Waals surface area contributed by atoms with Gasteiger partial charge in [0, 0.05) is 5.56 Å². The Morgan fingerprint density at radius 2 is 1.92 bits per heavy atom. The third kappa shape index (κ3) is 2.71. The van der Waals surface area contributed by atoms with Crippen LogP contribution in [0.15, 0.2) is 42.5 Å². The lowest BCUT2D eigenvalue weighted by Gasteiger charge is -2.09. The van der Waals surface area contributed by atoms with Gasteiger partial charge in [0.05, 0.1) is 12.8 Å². The average molecular weight is 327 g/mol. The molecule has 0 saturated carbocycles. The number of carboxylic acid groups (broad SMARTS) is 1. The summed E-state index contributed by atoms with van der Waals surface area (Å²) in [4.78, 5) is 11.5. The maximum atomic E-state index is 13.9. The minimum atomic E-state index is -1.21. The topological polar surface area (TPSA) is 77.2 Å². The van der Waals surface area contributed by atoms with E-state index < -0.39 is 11.8 Å². The third-order valence-electron chi connectivity index (χ3n) is 3.64. The van der Waals surface area contributed by atoms with Gasteiger partial charge in [-0.05, 0) is 48.9 Å². The number of carboxylic acids is 1. The van der Waals surface area contributed by atoms with E-state index in [0.717, 1.165) is 0 Å². The SMILES string of the molecule is COc1ccc(-c2c(C(=O)O)nnn2-c2ccc(C)c(F)c2)cc1. The first-order chi connectivity index (χ1) is 11.5. The molecule has 122 valence electrons. The first-order valence-electron chi connectivity index (χ1n) is 7.11. The third-order valence-corrected chi connectivity index (χ3v) is 3.64. The van der Waals surface area contributed by atoms with Crippen LogP contribution in [0.2, 0.25) is 0 Å². The molecule has 0 radical (unpaired) electrons. The van der Waals surface area contributed by atoms with E-state index in [4.69, 9.17) is 4.74 Å². The number of aryl methyl sites for hydroxylation is 1. The van der Waals surface area contributed by atoms with Crippen molar-refractivity contribution in [2.45, 2.75) is 6.92 Å². The Kier molecular flexibility index (Phi) is 3.99. The fourth-order valence-corrected chi connectivity index (χ4v) is 2.33. The summed E-state index contributed by atoms with van der Waals surface area (Å²) in [6.07, 6.45) is 0. The summed E-state index contributed by atoms with van der Waals surface area (Å²) in [5.74, 6) is -0.976. The van der Waals surface area contributed by atoms with Crippen LogP contribution in [-0.4, -0.2) is 33.2 Å². The van der Waals surface area contributed by atoms with Crippen molar-refractivity contribution in [3.63, 3.8) is 0 Å². The molecule has 0 fully saturated rings. The summed E-state index contributed by atoms with van der Waals surface area (Å²) in [7, 11) is 1.54. The van der Waals surface area contributed by atoms with Crippen LogP contribution in [-0.2, 0) is 0 Å². The molecule has 1 heterocycles. The Labute approximate surface area is 137 Å². The van der Waals surface area contributed by atoms with Crippen molar-refractivity contribution >= 4 is 5.97 Å². The molecule has 1 N–H and O–H groups in total. The first kappa shape index (κ1) is 15.7. The molecule has 2 aromatic carbocycles. The van der Waals surface area contributed by atoms with Gasteiger partial charge in [0.1, 0.15) is 17.3 Å². The molecular formula is C17H14FN3O3. The van der Waals surface area contributed by atoms with Crippen molar-refractivity contribution in [3.8, 4) is 22.7 Å². The molecule has 0 aliphatic heterocycles. The quantitative estimate of drug-likeness (QED) is 0.797. The fraction of sp³-hybridized carbons (Fsp3) is 0.118. The Balaban J connectivity index is 2.20. The first-order valence-corrected chi connectivity index (χ1v) is 7.11. The molecule has 24 heavy (non-hydrogen) atoms. The van der Waals surface area contributed by atoms with Crippen LogP contribution in [0.3, 0.4) is 0 Å². The molecule has 6 nitrogen and oxygen atoms in total. The highest BCUT2D eigenvalue weighted by Crippen LogP contribution is 2.27. The predicted octanol–water partition coefficient (Wildman–Crippen LogP) is 3.09. The normalized spacial score (nSPS) is 10.6. The number of aromatic nitrogens is 3. The summed E-state index contributed by atoms with van der Waals surface area (Å²) in [5.41, 5.74) is 1.53. The zero-order valence-electron chi connectivity index (χ0n) is 13.0. The summed E-state index contributed by atoms with van der Waals surface area (Å²) in [5, 5.41) is 17.0. The van der Waals surface area contributed by atoms with Crippen molar-refractivity contribution in [1.29, 1.82) is 0 Å². The standard InChI is InChI=1S/C17H14FN3O3/c1-10-3-6-12(9-14(10)18)21-16(15(17(22)23)19-20-21)11-4-7-13(24-2)8-5-11/h3-9H,1-2H3,(H,22,23). The minimum Gasteiger partial charge on any atom is -0.497 e. The monoisotopic (exact) mass is 327 g/mol.